The summed E-state index contributed by atoms with van der Waals surface area (Å²) < 4.78 is 1.65. The van der Waals surface area contributed by atoms with Crippen molar-refractivity contribution in [3.8, 4) is 0 Å². The fourth-order valence-electron chi connectivity index (χ4n) is 2.41. The van der Waals surface area contributed by atoms with Crippen molar-refractivity contribution in [2.24, 2.45) is 13.0 Å². The van der Waals surface area contributed by atoms with E-state index in [9.17, 15) is 4.79 Å². The second-order valence-corrected chi connectivity index (χ2v) is 4.98. The Kier molecular flexibility index (Phi) is 4.15. The Morgan fingerprint density at radius 3 is 2.47 bits per heavy atom. The number of hydrogen-bond acceptors (Lipinski definition) is 2. The molecule has 0 fully saturated rings. The topological polar surface area (TPSA) is 34.9 Å². The molecule has 2 rings (SSSR count). The fraction of sp³-hybridized carbons (Fsp3) is 0.375. The molecule has 100 valence electrons. The lowest BCUT2D eigenvalue weighted by Gasteiger charge is -2.22. The molecule has 2 aromatic rings. The smallest absolute Gasteiger partial charge is 0.188 e. The van der Waals surface area contributed by atoms with E-state index in [1.165, 1.54) is 0 Å². The van der Waals surface area contributed by atoms with E-state index in [1.807, 2.05) is 37.4 Å². The lowest BCUT2D eigenvalue weighted by Crippen LogP contribution is -2.22. The molecule has 0 aliphatic heterocycles. The molecule has 2 unspecified atom stereocenters. The van der Waals surface area contributed by atoms with E-state index in [1.54, 1.807) is 16.9 Å². The maximum Gasteiger partial charge on any atom is 0.188 e. The third-order valence-corrected chi connectivity index (χ3v) is 3.73. The summed E-state index contributed by atoms with van der Waals surface area (Å²) in [7, 11) is 1.81. The molecule has 1 aromatic carbocycles. The van der Waals surface area contributed by atoms with Gasteiger partial charge >= 0.3 is 0 Å². The molecule has 3 nitrogen and oxygen atoms in total. The van der Waals surface area contributed by atoms with Crippen LogP contribution in [0, 0.1) is 5.92 Å². The van der Waals surface area contributed by atoms with Crippen LogP contribution in [0.2, 0.25) is 0 Å². The summed E-state index contributed by atoms with van der Waals surface area (Å²) in [5.74, 6) is 0.368. The number of Topliss-reactive ketones (excluding diaryl/α,β-unsaturated/α-hetero) is 1. The highest BCUT2D eigenvalue weighted by Gasteiger charge is 2.28. The van der Waals surface area contributed by atoms with Gasteiger partial charge in [0.05, 0.1) is 5.92 Å². The molecule has 0 amide bonds. The number of rotatable bonds is 5. The number of nitrogens with zero attached hydrogens (tertiary/aromatic N) is 2. The summed E-state index contributed by atoms with van der Waals surface area (Å²) in [6.45, 7) is 4.25. The Bertz CT molecular complexity index is 545. The number of hydrogen-bond donors (Lipinski definition) is 0. The van der Waals surface area contributed by atoms with Gasteiger partial charge in [0.1, 0.15) is 5.69 Å². The van der Waals surface area contributed by atoms with Gasteiger partial charge in [0.25, 0.3) is 0 Å². The maximum absolute atomic E-state index is 12.8. The third-order valence-electron chi connectivity index (χ3n) is 3.73. The number of aromatic nitrogens is 2. The van der Waals surface area contributed by atoms with Crippen molar-refractivity contribution in [3.63, 3.8) is 0 Å². The molecule has 0 saturated heterocycles. The summed E-state index contributed by atoms with van der Waals surface area (Å²) >= 11 is 0. The Labute approximate surface area is 114 Å². The van der Waals surface area contributed by atoms with Gasteiger partial charge in [-0.05, 0) is 17.5 Å². The molecular weight excluding hydrogens is 236 g/mol. The van der Waals surface area contributed by atoms with Crippen LogP contribution in [-0.4, -0.2) is 15.6 Å². The molecule has 3 heteroatoms. The van der Waals surface area contributed by atoms with Gasteiger partial charge in [0.15, 0.2) is 5.78 Å². The first-order chi connectivity index (χ1) is 9.15. The van der Waals surface area contributed by atoms with Gasteiger partial charge in [-0.15, -0.1) is 0 Å². The fourth-order valence-corrected chi connectivity index (χ4v) is 2.41. The monoisotopic (exact) mass is 256 g/mol. The van der Waals surface area contributed by atoms with E-state index in [2.05, 4.69) is 18.9 Å². The zero-order chi connectivity index (χ0) is 13.8. The molecule has 0 radical (unpaired) electrons. The van der Waals surface area contributed by atoms with Gasteiger partial charge in [0.2, 0.25) is 0 Å². The Balaban J connectivity index is 2.39. The van der Waals surface area contributed by atoms with Crippen molar-refractivity contribution in [2.45, 2.75) is 26.2 Å². The lowest BCUT2D eigenvalue weighted by molar-refractivity contribution is 0.0922. The van der Waals surface area contributed by atoms with Gasteiger partial charge in [-0.25, -0.2) is 0 Å². The van der Waals surface area contributed by atoms with E-state index in [0.29, 0.717) is 11.6 Å². The van der Waals surface area contributed by atoms with Crippen LogP contribution in [0.5, 0.6) is 0 Å². The molecule has 1 heterocycles. The van der Waals surface area contributed by atoms with E-state index in [4.69, 9.17) is 0 Å². The molecule has 0 bridgehead atoms. The van der Waals surface area contributed by atoms with E-state index >= 15 is 0 Å². The highest BCUT2D eigenvalue weighted by molar-refractivity contribution is 5.99. The first-order valence-electron chi connectivity index (χ1n) is 6.72. The predicted molar refractivity (Wildman–Crippen MR) is 76.2 cm³/mol. The van der Waals surface area contributed by atoms with Crippen LogP contribution in [0.15, 0.2) is 42.6 Å². The molecule has 1 aromatic heterocycles. The Morgan fingerprint density at radius 2 is 1.95 bits per heavy atom. The molecule has 0 aliphatic rings. The van der Waals surface area contributed by atoms with Crippen molar-refractivity contribution in [3.05, 3.63) is 53.9 Å². The highest BCUT2D eigenvalue weighted by Crippen LogP contribution is 2.30. The maximum atomic E-state index is 12.8. The summed E-state index contributed by atoms with van der Waals surface area (Å²) in [6, 6.07) is 11.8. The van der Waals surface area contributed by atoms with Crippen LogP contribution in [0.3, 0.4) is 0 Å². The molecule has 19 heavy (non-hydrogen) atoms. The second kappa shape index (κ2) is 5.83. The first kappa shape index (κ1) is 13.5. The van der Waals surface area contributed by atoms with Gasteiger partial charge in [-0.2, -0.15) is 5.10 Å². The summed E-state index contributed by atoms with van der Waals surface area (Å²) in [5.41, 5.74) is 1.76. The number of aryl methyl sites for hydroxylation is 1. The third kappa shape index (κ3) is 2.75. The van der Waals surface area contributed by atoms with E-state index < -0.39 is 0 Å². The predicted octanol–water partition coefficient (Wildman–Crippen LogP) is 3.43. The standard InChI is InChI=1S/C16H20N2O/c1-4-12(2)15(13-8-6-5-7-9-13)16(19)14-10-11-17-18(14)3/h5-12,15H,4H2,1-3H3. The minimum Gasteiger partial charge on any atom is -0.292 e. The van der Waals surface area contributed by atoms with Crippen LogP contribution in [0.4, 0.5) is 0 Å². The van der Waals surface area contributed by atoms with Crippen molar-refractivity contribution in [1.29, 1.82) is 0 Å². The zero-order valence-electron chi connectivity index (χ0n) is 11.7. The van der Waals surface area contributed by atoms with Gasteiger partial charge < -0.3 is 0 Å². The van der Waals surface area contributed by atoms with E-state index in [0.717, 1.165) is 12.0 Å². The van der Waals surface area contributed by atoms with Crippen molar-refractivity contribution < 1.29 is 4.79 Å². The highest BCUT2D eigenvalue weighted by atomic mass is 16.1. The number of ketones is 1. The average molecular weight is 256 g/mol. The minimum atomic E-state index is -0.0957. The summed E-state index contributed by atoms with van der Waals surface area (Å²) in [6.07, 6.45) is 2.65. The molecule has 0 aliphatic carbocycles. The normalized spacial score (nSPS) is 14.1. The number of carbonyl (C=O) groups is 1. The molecule has 0 saturated carbocycles. The van der Waals surface area contributed by atoms with Gasteiger partial charge in [0, 0.05) is 13.2 Å². The number of benzene rings is 1. The van der Waals surface area contributed by atoms with Crippen LogP contribution in [-0.2, 0) is 7.05 Å². The van der Waals surface area contributed by atoms with E-state index in [-0.39, 0.29) is 11.7 Å². The van der Waals surface area contributed by atoms with Crippen LogP contribution >= 0.6 is 0 Å². The van der Waals surface area contributed by atoms with Crippen LogP contribution < -0.4 is 0 Å². The van der Waals surface area contributed by atoms with Crippen molar-refractivity contribution in [2.75, 3.05) is 0 Å². The Hall–Kier alpha value is -1.90. The number of carbonyl (C=O) groups excluding carboxylic acids is 1. The quantitative estimate of drug-likeness (QED) is 0.768. The minimum absolute atomic E-state index is 0.0957. The van der Waals surface area contributed by atoms with Crippen molar-refractivity contribution in [1.82, 2.24) is 9.78 Å². The average Bonchev–Trinajstić information content (AvgIpc) is 2.86. The van der Waals surface area contributed by atoms with Gasteiger partial charge in [-0.1, -0.05) is 50.6 Å². The molecule has 0 N–H and O–H groups in total. The molecular formula is C16H20N2O. The SMILES string of the molecule is CCC(C)C(C(=O)c1ccnn1C)c1ccccc1. The van der Waals surface area contributed by atoms with Crippen LogP contribution in [0.25, 0.3) is 0 Å². The van der Waals surface area contributed by atoms with Crippen LogP contribution in [0.1, 0.15) is 42.2 Å². The lowest BCUT2D eigenvalue weighted by atomic mass is 9.81. The summed E-state index contributed by atoms with van der Waals surface area (Å²) in [5, 5.41) is 4.09. The summed E-state index contributed by atoms with van der Waals surface area (Å²) in [4.78, 5) is 12.8. The molecule has 0 spiro atoms. The molecule has 2 atom stereocenters. The first-order valence-corrected chi connectivity index (χ1v) is 6.72. The van der Waals surface area contributed by atoms with Crippen molar-refractivity contribution >= 4 is 5.78 Å². The van der Waals surface area contributed by atoms with Gasteiger partial charge in [-0.3, -0.25) is 9.48 Å². The largest absolute Gasteiger partial charge is 0.292 e. The second-order valence-electron chi connectivity index (χ2n) is 4.98. The Morgan fingerprint density at radius 1 is 1.26 bits per heavy atom. The zero-order valence-corrected chi connectivity index (χ0v) is 11.7.